The predicted octanol–water partition coefficient (Wildman–Crippen LogP) is 4.00. The fraction of sp³-hybridized carbons (Fsp3) is 0.105. The van der Waals surface area contributed by atoms with E-state index in [1.807, 2.05) is 0 Å². The zero-order valence-corrected chi connectivity index (χ0v) is 14.9. The van der Waals surface area contributed by atoms with Gasteiger partial charge < -0.3 is 21.1 Å². The van der Waals surface area contributed by atoms with Gasteiger partial charge in [-0.2, -0.15) is 0 Å². The van der Waals surface area contributed by atoms with E-state index in [0.29, 0.717) is 11.3 Å². The number of nitrogens with two attached hydrogens (primary N) is 1. The predicted molar refractivity (Wildman–Crippen MR) is 102 cm³/mol. The molecule has 0 aliphatic carbocycles. The maximum Gasteiger partial charge on any atom is 0.340 e. The number of ether oxygens (including phenoxy) is 1. The average Bonchev–Trinajstić information content (AvgIpc) is 2.67. The SMILES string of the molecule is CCOC(=O)c1ccccc1Nc1ncnc(Nc2ccc(F)cc2F)c1N. The van der Waals surface area contributed by atoms with E-state index in [-0.39, 0.29) is 29.6 Å². The summed E-state index contributed by atoms with van der Waals surface area (Å²) >= 11 is 0. The molecule has 2 aromatic carbocycles. The molecule has 3 rings (SSSR count). The third kappa shape index (κ3) is 4.14. The first kappa shape index (κ1) is 19.0. The summed E-state index contributed by atoms with van der Waals surface area (Å²) in [5.74, 6) is -1.66. The highest BCUT2D eigenvalue weighted by Gasteiger charge is 2.15. The number of anilines is 5. The Morgan fingerprint density at radius 2 is 1.75 bits per heavy atom. The monoisotopic (exact) mass is 385 g/mol. The Bertz CT molecular complexity index is 1010. The number of carbonyl (C=O) groups excluding carboxylic acids is 1. The molecule has 0 atom stereocenters. The van der Waals surface area contributed by atoms with Crippen LogP contribution in [-0.4, -0.2) is 22.5 Å². The van der Waals surface area contributed by atoms with Crippen LogP contribution in [0.25, 0.3) is 0 Å². The van der Waals surface area contributed by atoms with Crippen LogP contribution >= 0.6 is 0 Å². The molecule has 0 saturated heterocycles. The van der Waals surface area contributed by atoms with E-state index in [9.17, 15) is 13.6 Å². The number of rotatable bonds is 6. The molecule has 0 aliphatic heterocycles. The van der Waals surface area contributed by atoms with Gasteiger partial charge in [0.25, 0.3) is 0 Å². The maximum absolute atomic E-state index is 13.9. The minimum Gasteiger partial charge on any atom is -0.462 e. The molecule has 28 heavy (non-hydrogen) atoms. The fourth-order valence-electron chi connectivity index (χ4n) is 2.42. The number of nitrogens with zero attached hydrogens (tertiary/aromatic N) is 2. The van der Waals surface area contributed by atoms with Gasteiger partial charge in [0.1, 0.15) is 23.6 Å². The normalized spacial score (nSPS) is 10.4. The first-order chi connectivity index (χ1) is 13.5. The zero-order valence-electron chi connectivity index (χ0n) is 14.9. The Kier molecular flexibility index (Phi) is 5.64. The van der Waals surface area contributed by atoms with Gasteiger partial charge in [0, 0.05) is 6.07 Å². The smallest absolute Gasteiger partial charge is 0.340 e. The third-order valence-electron chi connectivity index (χ3n) is 3.74. The van der Waals surface area contributed by atoms with E-state index >= 15 is 0 Å². The standard InChI is InChI=1S/C19H17F2N5O2/c1-2-28-19(27)12-5-3-4-6-14(12)25-17-16(22)18(24-10-23-17)26-15-8-7-11(20)9-13(15)21/h3-10H,2,22H2,1H3,(H2,23,24,25,26). The van der Waals surface area contributed by atoms with Crippen molar-refractivity contribution in [3.63, 3.8) is 0 Å². The highest BCUT2D eigenvalue weighted by Crippen LogP contribution is 2.30. The van der Waals surface area contributed by atoms with E-state index < -0.39 is 17.6 Å². The largest absolute Gasteiger partial charge is 0.462 e. The van der Waals surface area contributed by atoms with Crippen molar-refractivity contribution in [1.29, 1.82) is 0 Å². The molecular formula is C19H17F2N5O2. The van der Waals surface area contributed by atoms with Crippen LogP contribution in [0.2, 0.25) is 0 Å². The van der Waals surface area contributed by atoms with Crippen molar-refractivity contribution >= 4 is 34.7 Å². The van der Waals surface area contributed by atoms with Gasteiger partial charge in [-0.3, -0.25) is 0 Å². The first-order valence-corrected chi connectivity index (χ1v) is 8.35. The Morgan fingerprint density at radius 1 is 1.07 bits per heavy atom. The average molecular weight is 385 g/mol. The van der Waals surface area contributed by atoms with E-state index in [2.05, 4.69) is 20.6 Å². The van der Waals surface area contributed by atoms with E-state index in [0.717, 1.165) is 12.1 Å². The van der Waals surface area contributed by atoms with Crippen molar-refractivity contribution in [3.8, 4) is 0 Å². The van der Waals surface area contributed by atoms with Gasteiger partial charge >= 0.3 is 5.97 Å². The lowest BCUT2D eigenvalue weighted by Crippen LogP contribution is -2.10. The number of hydrogen-bond donors (Lipinski definition) is 3. The molecule has 4 N–H and O–H groups in total. The lowest BCUT2D eigenvalue weighted by Gasteiger charge is -2.14. The molecule has 0 spiro atoms. The molecule has 0 unspecified atom stereocenters. The molecule has 0 bridgehead atoms. The second-order valence-corrected chi connectivity index (χ2v) is 5.62. The number of halogens is 2. The van der Waals surface area contributed by atoms with Crippen LogP contribution in [0.1, 0.15) is 17.3 Å². The van der Waals surface area contributed by atoms with Crippen LogP contribution in [0.5, 0.6) is 0 Å². The van der Waals surface area contributed by atoms with Crippen LogP contribution in [0.3, 0.4) is 0 Å². The van der Waals surface area contributed by atoms with Crippen molar-refractivity contribution in [2.24, 2.45) is 0 Å². The Balaban J connectivity index is 1.89. The van der Waals surface area contributed by atoms with Crippen LogP contribution in [0.15, 0.2) is 48.8 Å². The number of hydrogen-bond acceptors (Lipinski definition) is 7. The Labute approximate surface area is 159 Å². The molecule has 0 amide bonds. The Morgan fingerprint density at radius 3 is 2.43 bits per heavy atom. The minimum absolute atomic E-state index is 0.00433. The summed E-state index contributed by atoms with van der Waals surface area (Å²) in [5.41, 5.74) is 6.92. The van der Waals surface area contributed by atoms with Gasteiger partial charge in [-0.15, -0.1) is 0 Å². The summed E-state index contributed by atoms with van der Waals surface area (Å²) in [6.45, 7) is 1.95. The summed E-state index contributed by atoms with van der Waals surface area (Å²) in [4.78, 5) is 20.2. The second kappa shape index (κ2) is 8.30. The maximum atomic E-state index is 13.9. The molecule has 9 heteroatoms. The minimum atomic E-state index is -0.792. The topological polar surface area (TPSA) is 102 Å². The number of carbonyl (C=O) groups is 1. The summed E-state index contributed by atoms with van der Waals surface area (Å²) in [6, 6.07) is 9.78. The number of nitrogens with one attached hydrogen (secondary N) is 2. The molecule has 3 aromatic rings. The van der Waals surface area contributed by atoms with Crippen LogP contribution < -0.4 is 16.4 Å². The van der Waals surface area contributed by atoms with Crippen molar-refractivity contribution in [1.82, 2.24) is 9.97 Å². The van der Waals surface area contributed by atoms with Crippen molar-refractivity contribution in [2.75, 3.05) is 23.0 Å². The molecule has 7 nitrogen and oxygen atoms in total. The van der Waals surface area contributed by atoms with Crippen molar-refractivity contribution < 1.29 is 18.3 Å². The van der Waals surface area contributed by atoms with E-state index in [4.69, 9.17) is 10.5 Å². The lowest BCUT2D eigenvalue weighted by atomic mass is 10.2. The highest BCUT2D eigenvalue weighted by molar-refractivity contribution is 5.97. The molecule has 0 radical (unpaired) electrons. The molecule has 1 aromatic heterocycles. The zero-order chi connectivity index (χ0) is 20.1. The number of aromatic nitrogens is 2. The molecule has 0 saturated carbocycles. The van der Waals surface area contributed by atoms with Gasteiger partial charge in [0.05, 0.1) is 23.5 Å². The number of benzene rings is 2. The van der Waals surface area contributed by atoms with Gasteiger partial charge in [0.2, 0.25) is 0 Å². The fourth-order valence-corrected chi connectivity index (χ4v) is 2.42. The highest BCUT2D eigenvalue weighted by atomic mass is 19.1. The van der Waals surface area contributed by atoms with E-state index in [1.165, 1.54) is 12.4 Å². The first-order valence-electron chi connectivity index (χ1n) is 8.35. The van der Waals surface area contributed by atoms with Gasteiger partial charge in [-0.1, -0.05) is 12.1 Å². The molecule has 1 heterocycles. The van der Waals surface area contributed by atoms with Gasteiger partial charge in [0.15, 0.2) is 11.6 Å². The number of esters is 1. The summed E-state index contributed by atoms with van der Waals surface area (Å²) in [5, 5.41) is 5.66. The molecule has 0 aliphatic rings. The Hall–Kier alpha value is -3.75. The van der Waals surface area contributed by atoms with E-state index in [1.54, 1.807) is 31.2 Å². The molecule has 0 fully saturated rings. The second-order valence-electron chi connectivity index (χ2n) is 5.62. The summed E-state index contributed by atoms with van der Waals surface area (Å²) in [6.07, 6.45) is 1.22. The third-order valence-corrected chi connectivity index (χ3v) is 3.74. The van der Waals surface area contributed by atoms with Gasteiger partial charge in [-0.25, -0.2) is 23.5 Å². The van der Waals surface area contributed by atoms with Gasteiger partial charge in [-0.05, 0) is 31.2 Å². The lowest BCUT2D eigenvalue weighted by molar-refractivity contribution is 0.0527. The quantitative estimate of drug-likeness (QED) is 0.551. The van der Waals surface area contributed by atoms with Crippen LogP contribution in [0.4, 0.5) is 37.5 Å². The summed E-state index contributed by atoms with van der Waals surface area (Å²) < 4.78 is 32.0. The van der Waals surface area contributed by atoms with Crippen LogP contribution in [-0.2, 0) is 4.74 Å². The summed E-state index contributed by atoms with van der Waals surface area (Å²) in [7, 11) is 0. The number of nitrogen functional groups attached to an aromatic ring is 1. The molecular weight excluding hydrogens is 368 g/mol. The van der Waals surface area contributed by atoms with Crippen molar-refractivity contribution in [3.05, 3.63) is 66.0 Å². The van der Waals surface area contributed by atoms with Crippen molar-refractivity contribution in [2.45, 2.75) is 6.92 Å². The van der Waals surface area contributed by atoms with Crippen LogP contribution in [0, 0.1) is 11.6 Å². The number of para-hydroxylation sites is 1. The molecule has 144 valence electrons.